The predicted molar refractivity (Wildman–Crippen MR) is 98.0 cm³/mol. The van der Waals surface area contributed by atoms with Crippen LogP contribution in [0, 0.1) is 0 Å². The Morgan fingerprint density at radius 1 is 1.37 bits per heavy atom. The molecule has 2 aliphatic rings. The van der Waals surface area contributed by atoms with Crippen LogP contribution in [0.25, 0.3) is 0 Å². The number of fused-ring (bicyclic) bond motifs is 1. The SMILES string of the molecule is COC(=O)C1=C(Nc2ccc3c(c2)CC(C)(C)NC3=O)C(=O)N(CCO)C1. The third-order valence-corrected chi connectivity index (χ3v) is 4.66. The summed E-state index contributed by atoms with van der Waals surface area (Å²) in [5.41, 5.74) is 2.06. The van der Waals surface area contributed by atoms with E-state index in [2.05, 4.69) is 10.6 Å². The van der Waals surface area contributed by atoms with Crippen molar-refractivity contribution in [3.8, 4) is 0 Å². The number of hydrogen-bond acceptors (Lipinski definition) is 6. The molecule has 0 saturated carbocycles. The molecule has 0 aromatic heterocycles. The van der Waals surface area contributed by atoms with Crippen LogP contribution < -0.4 is 10.6 Å². The van der Waals surface area contributed by atoms with Crippen LogP contribution in [0.4, 0.5) is 5.69 Å². The van der Waals surface area contributed by atoms with Gasteiger partial charge in [0.15, 0.2) is 0 Å². The van der Waals surface area contributed by atoms with E-state index in [0.29, 0.717) is 17.7 Å². The van der Waals surface area contributed by atoms with Gasteiger partial charge in [0, 0.05) is 23.3 Å². The van der Waals surface area contributed by atoms with Crippen molar-refractivity contribution in [1.82, 2.24) is 10.2 Å². The number of benzene rings is 1. The van der Waals surface area contributed by atoms with Crippen LogP contribution in [0.1, 0.15) is 29.8 Å². The normalized spacial score (nSPS) is 18.3. The number of nitrogens with one attached hydrogen (secondary N) is 2. The quantitative estimate of drug-likeness (QED) is 0.646. The maximum Gasteiger partial charge on any atom is 0.337 e. The molecule has 0 saturated heterocycles. The van der Waals surface area contributed by atoms with Crippen molar-refractivity contribution in [3.05, 3.63) is 40.6 Å². The molecule has 1 aromatic carbocycles. The van der Waals surface area contributed by atoms with Crippen molar-refractivity contribution in [3.63, 3.8) is 0 Å². The molecular formula is C19H23N3O5. The average Bonchev–Trinajstić information content (AvgIpc) is 2.90. The smallest absolute Gasteiger partial charge is 0.337 e. The first-order valence-corrected chi connectivity index (χ1v) is 8.70. The highest BCUT2D eigenvalue weighted by Crippen LogP contribution is 2.28. The van der Waals surface area contributed by atoms with Gasteiger partial charge in [-0.3, -0.25) is 9.59 Å². The second kappa shape index (κ2) is 7.03. The molecule has 2 heterocycles. The molecule has 8 heteroatoms. The van der Waals surface area contributed by atoms with Crippen LogP contribution in [0.5, 0.6) is 0 Å². The fourth-order valence-electron chi connectivity index (χ4n) is 3.43. The van der Waals surface area contributed by atoms with Crippen molar-refractivity contribution in [1.29, 1.82) is 0 Å². The van der Waals surface area contributed by atoms with Gasteiger partial charge in [-0.15, -0.1) is 0 Å². The summed E-state index contributed by atoms with van der Waals surface area (Å²) in [6.45, 7) is 3.90. The van der Waals surface area contributed by atoms with Gasteiger partial charge in [-0.05, 0) is 44.0 Å². The van der Waals surface area contributed by atoms with E-state index in [-0.39, 0.29) is 48.3 Å². The molecular weight excluding hydrogens is 350 g/mol. The Hall–Kier alpha value is -2.87. The summed E-state index contributed by atoms with van der Waals surface area (Å²) in [5, 5.41) is 15.1. The number of hydrogen-bond donors (Lipinski definition) is 3. The molecule has 0 atom stereocenters. The number of aliphatic hydroxyl groups excluding tert-OH is 1. The summed E-state index contributed by atoms with van der Waals surface area (Å²) in [6, 6.07) is 5.21. The number of carbonyl (C=O) groups excluding carboxylic acids is 3. The number of methoxy groups -OCH3 is 1. The van der Waals surface area contributed by atoms with E-state index in [1.807, 2.05) is 19.9 Å². The molecule has 0 radical (unpaired) electrons. The Morgan fingerprint density at radius 2 is 2.11 bits per heavy atom. The molecule has 0 fully saturated rings. The third kappa shape index (κ3) is 3.66. The second-order valence-corrected chi connectivity index (χ2v) is 7.31. The monoisotopic (exact) mass is 373 g/mol. The topological polar surface area (TPSA) is 108 Å². The number of aliphatic hydroxyl groups is 1. The van der Waals surface area contributed by atoms with Gasteiger partial charge in [0.25, 0.3) is 11.8 Å². The first kappa shape index (κ1) is 18.9. The summed E-state index contributed by atoms with van der Waals surface area (Å²) in [7, 11) is 1.26. The minimum atomic E-state index is -0.593. The Labute approximate surface area is 157 Å². The number of carbonyl (C=O) groups is 3. The number of amides is 2. The van der Waals surface area contributed by atoms with E-state index < -0.39 is 5.97 Å². The lowest BCUT2D eigenvalue weighted by atomic mass is 9.87. The molecule has 8 nitrogen and oxygen atoms in total. The molecule has 2 aliphatic heterocycles. The van der Waals surface area contributed by atoms with Crippen LogP contribution >= 0.6 is 0 Å². The Kier molecular flexibility index (Phi) is 4.93. The highest BCUT2D eigenvalue weighted by molar-refractivity contribution is 6.08. The Balaban J connectivity index is 1.92. The van der Waals surface area contributed by atoms with Gasteiger partial charge in [-0.1, -0.05) is 0 Å². The molecule has 1 aromatic rings. The van der Waals surface area contributed by atoms with Gasteiger partial charge in [-0.25, -0.2) is 4.79 Å². The van der Waals surface area contributed by atoms with E-state index in [1.54, 1.807) is 12.1 Å². The van der Waals surface area contributed by atoms with Gasteiger partial charge in [-0.2, -0.15) is 0 Å². The summed E-state index contributed by atoms with van der Waals surface area (Å²) in [4.78, 5) is 38.2. The second-order valence-electron chi connectivity index (χ2n) is 7.31. The Bertz CT molecular complexity index is 844. The summed E-state index contributed by atoms with van der Waals surface area (Å²) in [6.07, 6.45) is 0.650. The molecule has 2 amide bonds. The van der Waals surface area contributed by atoms with E-state index in [1.165, 1.54) is 12.0 Å². The molecule has 144 valence electrons. The number of nitrogens with zero attached hydrogens (tertiary/aromatic N) is 1. The van der Waals surface area contributed by atoms with Gasteiger partial charge in [0.05, 0.1) is 25.8 Å². The van der Waals surface area contributed by atoms with Crippen molar-refractivity contribution >= 4 is 23.5 Å². The highest BCUT2D eigenvalue weighted by Gasteiger charge is 2.35. The van der Waals surface area contributed by atoms with Crippen molar-refractivity contribution in [2.75, 3.05) is 32.1 Å². The lowest BCUT2D eigenvalue weighted by molar-refractivity contribution is -0.136. The summed E-state index contributed by atoms with van der Waals surface area (Å²) >= 11 is 0. The van der Waals surface area contributed by atoms with Crippen LogP contribution in [0.15, 0.2) is 29.5 Å². The lowest BCUT2D eigenvalue weighted by Crippen LogP contribution is -2.49. The summed E-state index contributed by atoms with van der Waals surface area (Å²) < 4.78 is 4.78. The minimum Gasteiger partial charge on any atom is -0.466 e. The van der Waals surface area contributed by atoms with Crippen LogP contribution in [0.2, 0.25) is 0 Å². The van der Waals surface area contributed by atoms with Gasteiger partial charge in [0.1, 0.15) is 5.70 Å². The van der Waals surface area contributed by atoms with E-state index >= 15 is 0 Å². The maximum absolute atomic E-state index is 12.6. The van der Waals surface area contributed by atoms with Gasteiger partial charge >= 0.3 is 5.97 Å². The first-order valence-electron chi connectivity index (χ1n) is 8.70. The van der Waals surface area contributed by atoms with Crippen LogP contribution in [-0.4, -0.2) is 60.1 Å². The Morgan fingerprint density at radius 3 is 2.78 bits per heavy atom. The van der Waals surface area contributed by atoms with E-state index in [4.69, 9.17) is 9.84 Å². The van der Waals surface area contributed by atoms with Crippen molar-refractivity contribution < 1.29 is 24.2 Å². The van der Waals surface area contributed by atoms with E-state index in [0.717, 1.165) is 5.56 Å². The maximum atomic E-state index is 12.6. The fourth-order valence-corrected chi connectivity index (χ4v) is 3.43. The average molecular weight is 373 g/mol. The van der Waals surface area contributed by atoms with Gasteiger partial charge in [0.2, 0.25) is 0 Å². The molecule has 3 rings (SSSR count). The zero-order chi connectivity index (χ0) is 19.8. The molecule has 0 unspecified atom stereocenters. The number of anilines is 1. The van der Waals surface area contributed by atoms with Crippen LogP contribution in [-0.2, 0) is 20.7 Å². The van der Waals surface area contributed by atoms with Crippen LogP contribution in [0.3, 0.4) is 0 Å². The van der Waals surface area contributed by atoms with Crippen molar-refractivity contribution in [2.45, 2.75) is 25.8 Å². The largest absolute Gasteiger partial charge is 0.466 e. The molecule has 0 aliphatic carbocycles. The molecule has 0 spiro atoms. The number of esters is 1. The molecule has 3 N–H and O–H groups in total. The highest BCUT2D eigenvalue weighted by atomic mass is 16.5. The zero-order valence-electron chi connectivity index (χ0n) is 15.6. The third-order valence-electron chi connectivity index (χ3n) is 4.66. The zero-order valence-corrected chi connectivity index (χ0v) is 15.6. The van der Waals surface area contributed by atoms with E-state index in [9.17, 15) is 14.4 Å². The number of rotatable bonds is 5. The molecule has 0 bridgehead atoms. The number of β-amino-alcohol motifs (C(OH)–C–C–N with tert-alkyl or cyclic N) is 1. The molecule has 27 heavy (non-hydrogen) atoms. The van der Waals surface area contributed by atoms with Gasteiger partial charge < -0.3 is 25.4 Å². The summed E-state index contributed by atoms with van der Waals surface area (Å²) in [5.74, 6) is -1.10. The number of ether oxygens (including phenoxy) is 1. The minimum absolute atomic E-state index is 0.0782. The standard InChI is InChI=1S/C19H23N3O5/c1-19(2)9-11-8-12(4-5-13(11)16(24)21-19)20-15-14(18(26)27-3)10-22(6-7-23)17(15)25/h4-5,8,20,23H,6-7,9-10H2,1-3H3,(H,21,24). The predicted octanol–water partition coefficient (Wildman–Crippen LogP) is 0.425. The fraction of sp³-hybridized carbons (Fsp3) is 0.421. The lowest BCUT2D eigenvalue weighted by Gasteiger charge is -2.32. The first-order chi connectivity index (χ1) is 12.8. The van der Waals surface area contributed by atoms with Crippen molar-refractivity contribution in [2.24, 2.45) is 0 Å².